The molecule has 1 heterocycles. The van der Waals surface area contributed by atoms with Crippen molar-refractivity contribution in [3.63, 3.8) is 0 Å². The number of hydrogen-bond acceptors (Lipinski definition) is 2. The van der Waals surface area contributed by atoms with Crippen LogP contribution in [0.2, 0.25) is 0 Å². The van der Waals surface area contributed by atoms with Crippen molar-refractivity contribution in [2.24, 2.45) is 0 Å². The lowest BCUT2D eigenvalue weighted by molar-refractivity contribution is 0.617. The summed E-state index contributed by atoms with van der Waals surface area (Å²) in [5.41, 5.74) is 9.93. The highest BCUT2D eigenvalue weighted by molar-refractivity contribution is 5.81. The summed E-state index contributed by atoms with van der Waals surface area (Å²) in [4.78, 5) is 4.69. The van der Waals surface area contributed by atoms with Gasteiger partial charge in [0.15, 0.2) is 0 Å². The van der Waals surface area contributed by atoms with Crippen LogP contribution in [0.5, 0.6) is 0 Å². The van der Waals surface area contributed by atoms with Crippen LogP contribution in [0.25, 0.3) is 16.7 Å². The van der Waals surface area contributed by atoms with E-state index in [1.54, 1.807) is 13.0 Å². The van der Waals surface area contributed by atoms with Crippen molar-refractivity contribution in [3.8, 4) is 5.69 Å². The fourth-order valence-electron chi connectivity index (χ4n) is 2.54. The normalized spacial score (nSPS) is 11.5. The van der Waals surface area contributed by atoms with E-state index in [1.807, 2.05) is 24.3 Å². The standard InChI is InChI=1S/C17H18FN3/c1-10(2)17-20-15-9-12(19)4-7-16(15)21(17)13-5-6-14(18)11(3)8-13/h4-10H,19H2,1-3H3. The van der Waals surface area contributed by atoms with Gasteiger partial charge in [-0.3, -0.25) is 4.57 Å². The number of rotatable bonds is 2. The molecule has 108 valence electrons. The molecule has 3 nitrogen and oxygen atoms in total. The van der Waals surface area contributed by atoms with Gasteiger partial charge in [0.25, 0.3) is 0 Å². The second-order valence-electron chi connectivity index (χ2n) is 5.64. The number of benzene rings is 2. The highest BCUT2D eigenvalue weighted by atomic mass is 19.1. The maximum absolute atomic E-state index is 13.5. The van der Waals surface area contributed by atoms with Crippen LogP contribution in [0.3, 0.4) is 0 Å². The summed E-state index contributed by atoms with van der Waals surface area (Å²) in [6.45, 7) is 5.96. The van der Waals surface area contributed by atoms with Crippen LogP contribution in [0.15, 0.2) is 36.4 Å². The van der Waals surface area contributed by atoms with Gasteiger partial charge < -0.3 is 5.73 Å². The zero-order valence-corrected chi connectivity index (χ0v) is 12.4. The molecule has 2 N–H and O–H groups in total. The van der Waals surface area contributed by atoms with Gasteiger partial charge in [-0.25, -0.2) is 9.37 Å². The zero-order chi connectivity index (χ0) is 15.1. The number of aryl methyl sites for hydroxylation is 1. The van der Waals surface area contributed by atoms with Crippen molar-refractivity contribution in [3.05, 3.63) is 53.6 Å². The maximum Gasteiger partial charge on any atom is 0.126 e. The highest BCUT2D eigenvalue weighted by Gasteiger charge is 2.15. The number of nitrogens with zero attached hydrogens (tertiary/aromatic N) is 2. The van der Waals surface area contributed by atoms with Crippen LogP contribution >= 0.6 is 0 Å². The van der Waals surface area contributed by atoms with Crippen LogP contribution in [0.1, 0.15) is 31.2 Å². The quantitative estimate of drug-likeness (QED) is 0.717. The van der Waals surface area contributed by atoms with E-state index >= 15 is 0 Å². The Hall–Kier alpha value is -2.36. The predicted octanol–water partition coefficient (Wildman–Crippen LogP) is 4.18. The highest BCUT2D eigenvalue weighted by Crippen LogP contribution is 2.28. The summed E-state index contributed by atoms with van der Waals surface area (Å²) in [5.74, 6) is 1.00. The molecule has 3 aromatic rings. The fraction of sp³-hybridized carbons (Fsp3) is 0.235. The largest absolute Gasteiger partial charge is 0.399 e. The first-order chi connectivity index (χ1) is 9.97. The van der Waals surface area contributed by atoms with Gasteiger partial charge >= 0.3 is 0 Å². The molecule has 2 aromatic carbocycles. The molecule has 0 radical (unpaired) electrons. The second kappa shape index (κ2) is 4.88. The Balaban J connectivity index is 2.33. The average Bonchev–Trinajstić information content (AvgIpc) is 2.80. The van der Waals surface area contributed by atoms with Gasteiger partial charge in [-0.1, -0.05) is 13.8 Å². The Morgan fingerprint density at radius 2 is 1.90 bits per heavy atom. The van der Waals surface area contributed by atoms with E-state index in [4.69, 9.17) is 10.7 Å². The smallest absolute Gasteiger partial charge is 0.126 e. The molecule has 0 spiro atoms. The average molecular weight is 283 g/mol. The number of aromatic nitrogens is 2. The van der Waals surface area contributed by atoms with Crippen molar-refractivity contribution >= 4 is 16.7 Å². The Bertz CT molecular complexity index is 818. The minimum absolute atomic E-state index is 0.196. The first-order valence-corrected chi connectivity index (χ1v) is 7.02. The summed E-state index contributed by atoms with van der Waals surface area (Å²) in [6, 6.07) is 10.8. The van der Waals surface area contributed by atoms with Crippen molar-refractivity contribution in [2.45, 2.75) is 26.7 Å². The Morgan fingerprint density at radius 1 is 1.14 bits per heavy atom. The van der Waals surface area contributed by atoms with E-state index in [2.05, 4.69) is 18.4 Å². The molecular formula is C17H18FN3. The van der Waals surface area contributed by atoms with E-state index in [0.717, 1.165) is 22.5 Å². The van der Waals surface area contributed by atoms with Crippen LogP contribution in [-0.2, 0) is 0 Å². The predicted molar refractivity (Wildman–Crippen MR) is 84.3 cm³/mol. The number of anilines is 1. The Labute approximate surface area is 123 Å². The molecule has 0 amide bonds. The molecule has 0 bridgehead atoms. The molecule has 4 heteroatoms. The Kier molecular flexibility index (Phi) is 3.16. The van der Waals surface area contributed by atoms with Crippen LogP contribution in [0.4, 0.5) is 10.1 Å². The van der Waals surface area contributed by atoms with Crippen molar-refractivity contribution in [1.82, 2.24) is 9.55 Å². The summed E-state index contributed by atoms with van der Waals surface area (Å²) < 4.78 is 15.6. The number of halogens is 1. The summed E-state index contributed by atoms with van der Waals surface area (Å²) >= 11 is 0. The SMILES string of the molecule is Cc1cc(-n2c(C(C)C)nc3cc(N)ccc32)ccc1F. The van der Waals surface area contributed by atoms with Gasteiger partial charge in [0.05, 0.1) is 11.0 Å². The molecule has 0 fully saturated rings. The molecule has 0 atom stereocenters. The number of nitrogen functional groups attached to an aromatic ring is 1. The molecular weight excluding hydrogens is 265 g/mol. The molecule has 3 rings (SSSR count). The van der Waals surface area contributed by atoms with E-state index < -0.39 is 0 Å². The van der Waals surface area contributed by atoms with Gasteiger partial charge in [-0.2, -0.15) is 0 Å². The Morgan fingerprint density at radius 3 is 2.57 bits per heavy atom. The number of fused-ring (bicyclic) bond motifs is 1. The molecule has 0 aliphatic carbocycles. The van der Waals surface area contributed by atoms with Crippen LogP contribution in [0, 0.1) is 12.7 Å². The van der Waals surface area contributed by atoms with E-state index in [1.165, 1.54) is 6.07 Å². The van der Waals surface area contributed by atoms with Crippen LogP contribution < -0.4 is 5.73 Å². The lowest BCUT2D eigenvalue weighted by atomic mass is 10.1. The third-order valence-corrected chi connectivity index (χ3v) is 3.62. The molecule has 21 heavy (non-hydrogen) atoms. The molecule has 0 aliphatic rings. The van der Waals surface area contributed by atoms with Crippen LogP contribution in [-0.4, -0.2) is 9.55 Å². The summed E-state index contributed by atoms with van der Waals surface area (Å²) in [7, 11) is 0. The minimum Gasteiger partial charge on any atom is -0.399 e. The lowest BCUT2D eigenvalue weighted by Crippen LogP contribution is -2.03. The minimum atomic E-state index is -0.196. The third-order valence-electron chi connectivity index (χ3n) is 3.62. The maximum atomic E-state index is 13.5. The monoisotopic (exact) mass is 283 g/mol. The first-order valence-electron chi connectivity index (χ1n) is 7.02. The summed E-state index contributed by atoms with van der Waals surface area (Å²) in [5, 5.41) is 0. The van der Waals surface area contributed by atoms with Gasteiger partial charge in [-0.15, -0.1) is 0 Å². The lowest BCUT2D eigenvalue weighted by Gasteiger charge is -2.12. The van der Waals surface area contributed by atoms with E-state index in [-0.39, 0.29) is 11.7 Å². The first kappa shape index (κ1) is 13.6. The molecule has 1 aromatic heterocycles. The number of nitrogens with two attached hydrogens (primary N) is 1. The third kappa shape index (κ3) is 2.27. The van der Waals surface area contributed by atoms with Gasteiger partial charge in [0, 0.05) is 17.3 Å². The molecule has 0 saturated carbocycles. The van der Waals surface area contributed by atoms with Crippen molar-refractivity contribution in [1.29, 1.82) is 0 Å². The van der Waals surface area contributed by atoms with Crippen molar-refractivity contribution < 1.29 is 4.39 Å². The fourth-order valence-corrected chi connectivity index (χ4v) is 2.54. The topological polar surface area (TPSA) is 43.8 Å². The number of imidazole rings is 1. The molecule has 0 saturated heterocycles. The zero-order valence-electron chi connectivity index (χ0n) is 12.4. The van der Waals surface area contributed by atoms with Crippen molar-refractivity contribution in [2.75, 3.05) is 5.73 Å². The molecule has 0 aliphatic heterocycles. The second-order valence-corrected chi connectivity index (χ2v) is 5.64. The summed E-state index contributed by atoms with van der Waals surface area (Å²) in [6.07, 6.45) is 0. The number of hydrogen-bond donors (Lipinski definition) is 1. The van der Waals surface area contributed by atoms with Gasteiger partial charge in [-0.05, 0) is 48.9 Å². The van der Waals surface area contributed by atoms with Gasteiger partial charge in [0.2, 0.25) is 0 Å². The van der Waals surface area contributed by atoms with Gasteiger partial charge in [0.1, 0.15) is 11.6 Å². The molecule has 0 unspecified atom stereocenters. The van der Waals surface area contributed by atoms with E-state index in [9.17, 15) is 4.39 Å². The van der Waals surface area contributed by atoms with E-state index in [0.29, 0.717) is 11.3 Å².